The molecule has 0 spiro atoms. The van der Waals surface area contributed by atoms with Gasteiger partial charge in [-0.25, -0.2) is 14.4 Å². The van der Waals surface area contributed by atoms with E-state index in [1.165, 1.54) is 7.11 Å². The number of esters is 3. The van der Waals surface area contributed by atoms with E-state index in [0.29, 0.717) is 11.1 Å². The van der Waals surface area contributed by atoms with Crippen LogP contribution < -0.4 is 0 Å². The van der Waals surface area contributed by atoms with Gasteiger partial charge in [0, 0.05) is 13.0 Å². The maximum absolute atomic E-state index is 12.5. The van der Waals surface area contributed by atoms with Crippen molar-refractivity contribution in [2.24, 2.45) is 0 Å². The molecule has 0 aliphatic carbocycles. The number of benzene rings is 1. The van der Waals surface area contributed by atoms with Crippen LogP contribution in [0.1, 0.15) is 36.7 Å². The van der Waals surface area contributed by atoms with E-state index in [2.05, 4.69) is 4.74 Å². The van der Waals surface area contributed by atoms with E-state index in [9.17, 15) is 14.4 Å². The third kappa shape index (κ3) is 5.03. The standard InChI is InChI=1S/C18H24O7/c1-5-23-16(20)18(25-7-3,17(21)24-6-2)12-13-8-10-14(11-9-13)15(19)22-4/h8-11H,5-7,12H2,1-4H3. The molecule has 0 aliphatic rings. The molecule has 0 unspecified atom stereocenters. The second-order valence-electron chi connectivity index (χ2n) is 5.07. The Labute approximate surface area is 147 Å². The minimum absolute atomic E-state index is 0.0695. The summed E-state index contributed by atoms with van der Waals surface area (Å²) in [5, 5.41) is 0. The summed E-state index contributed by atoms with van der Waals surface area (Å²) in [6.07, 6.45) is -0.0695. The van der Waals surface area contributed by atoms with Crippen molar-refractivity contribution in [2.75, 3.05) is 26.9 Å². The molecular formula is C18H24O7. The number of carbonyl (C=O) groups is 3. The van der Waals surface area contributed by atoms with Gasteiger partial charge in [0.15, 0.2) is 0 Å². The van der Waals surface area contributed by atoms with Crippen molar-refractivity contribution in [3.63, 3.8) is 0 Å². The van der Waals surface area contributed by atoms with Gasteiger partial charge in [0.2, 0.25) is 0 Å². The van der Waals surface area contributed by atoms with Crippen molar-refractivity contribution in [1.82, 2.24) is 0 Å². The number of carbonyl (C=O) groups excluding carboxylic acids is 3. The van der Waals surface area contributed by atoms with Gasteiger partial charge in [-0.1, -0.05) is 12.1 Å². The van der Waals surface area contributed by atoms with Gasteiger partial charge in [0.25, 0.3) is 5.60 Å². The first kappa shape index (κ1) is 20.6. The molecule has 1 aromatic carbocycles. The molecule has 0 fully saturated rings. The highest BCUT2D eigenvalue weighted by Crippen LogP contribution is 2.23. The van der Waals surface area contributed by atoms with Gasteiger partial charge in [0.05, 0.1) is 25.9 Å². The Hall–Kier alpha value is -2.41. The van der Waals surface area contributed by atoms with Gasteiger partial charge in [-0.05, 0) is 38.5 Å². The molecule has 0 aliphatic heterocycles. The van der Waals surface area contributed by atoms with Crippen LogP contribution >= 0.6 is 0 Å². The van der Waals surface area contributed by atoms with Gasteiger partial charge in [0.1, 0.15) is 0 Å². The number of methoxy groups -OCH3 is 1. The molecule has 7 heteroatoms. The molecular weight excluding hydrogens is 328 g/mol. The maximum atomic E-state index is 12.5. The fourth-order valence-corrected chi connectivity index (χ4v) is 2.30. The predicted octanol–water partition coefficient (Wildman–Crippen LogP) is 1.92. The monoisotopic (exact) mass is 352 g/mol. The second-order valence-corrected chi connectivity index (χ2v) is 5.07. The summed E-state index contributed by atoms with van der Waals surface area (Å²) < 4.78 is 20.2. The van der Waals surface area contributed by atoms with Gasteiger partial charge in [-0.2, -0.15) is 0 Å². The molecule has 25 heavy (non-hydrogen) atoms. The molecule has 0 saturated carbocycles. The minimum atomic E-state index is -1.88. The Morgan fingerprint density at radius 1 is 0.880 bits per heavy atom. The first-order chi connectivity index (χ1) is 11.9. The minimum Gasteiger partial charge on any atom is -0.465 e. The van der Waals surface area contributed by atoms with Gasteiger partial charge in [-0.15, -0.1) is 0 Å². The van der Waals surface area contributed by atoms with Crippen LogP contribution in [0.5, 0.6) is 0 Å². The third-order valence-electron chi connectivity index (χ3n) is 3.43. The van der Waals surface area contributed by atoms with E-state index in [4.69, 9.17) is 14.2 Å². The maximum Gasteiger partial charge on any atom is 0.350 e. The molecule has 0 aromatic heterocycles. The Kier molecular flexibility index (Phi) is 8.07. The molecule has 0 heterocycles. The molecule has 0 atom stereocenters. The van der Waals surface area contributed by atoms with Crippen molar-refractivity contribution < 1.29 is 33.3 Å². The van der Waals surface area contributed by atoms with Crippen LogP contribution in [-0.2, 0) is 35.0 Å². The number of ether oxygens (including phenoxy) is 4. The molecule has 0 amide bonds. The van der Waals surface area contributed by atoms with Gasteiger partial charge >= 0.3 is 17.9 Å². The largest absolute Gasteiger partial charge is 0.465 e. The number of hydrogen-bond acceptors (Lipinski definition) is 7. The topological polar surface area (TPSA) is 88.1 Å². The van der Waals surface area contributed by atoms with Crippen molar-refractivity contribution in [3.8, 4) is 0 Å². The summed E-state index contributed by atoms with van der Waals surface area (Å²) in [4.78, 5) is 36.5. The molecule has 7 nitrogen and oxygen atoms in total. The highest BCUT2D eigenvalue weighted by molar-refractivity contribution is 6.04. The lowest BCUT2D eigenvalue weighted by molar-refractivity contribution is -0.190. The molecule has 0 saturated heterocycles. The van der Waals surface area contributed by atoms with Crippen LogP contribution in [0.3, 0.4) is 0 Å². The fraction of sp³-hybridized carbons (Fsp3) is 0.500. The lowest BCUT2D eigenvalue weighted by Gasteiger charge is -2.29. The van der Waals surface area contributed by atoms with Crippen LogP contribution in [-0.4, -0.2) is 50.4 Å². The van der Waals surface area contributed by atoms with E-state index in [-0.39, 0.29) is 26.2 Å². The third-order valence-corrected chi connectivity index (χ3v) is 3.43. The smallest absolute Gasteiger partial charge is 0.350 e. The quantitative estimate of drug-likeness (QED) is 0.381. The average Bonchev–Trinajstić information content (AvgIpc) is 2.61. The zero-order valence-corrected chi connectivity index (χ0v) is 15.0. The van der Waals surface area contributed by atoms with Crippen molar-refractivity contribution in [2.45, 2.75) is 32.8 Å². The summed E-state index contributed by atoms with van der Waals surface area (Å²) in [6, 6.07) is 6.35. The molecule has 0 bridgehead atoms. The summed E-state index contributed by atoms with van der Waals surface area (Å²) >= 11 is 0. The Balaban J connectivity index is 3.19. The SMILES string of the molecule is CCOC(=O)C(Cc1ccc(C(=O)OC)cc1)(OCC)C(=O)OCC. The van der Waals surface area contributed by atoms with Crippen LogP contribution in [0.25, 0.3) is 0 Å². The lowest BCUT2D eigenvalue weighted by Crippen LogP contribution is -2.53. The van der Waals surface area contributed by atoms with Crippen LogP contribution in [0.2, 0.25) is 0 Å². The van der Waals surface area contributed by atoms with E-state index in [1.54, 1.807) is 45.0 Å². The van der Waals surface area contributed by atoms with E-state index in [0.717, 1.165) is 0 Å². The summed E-state index contributed by atoms with van der Waals surface area (Å²) in [5.41, 5.74) is -0.907. The van der Waals surface area contributed by atoms with Crippen LogP contribution in [0.15, 0.2) is 24.3 Å². The summed E-state index contributed by atoms with van der Waals surface area (Å²) in [7, 11) is 1.29. The Bertz CT molecular complexity index is 574. The lowest BCUT2D eigenvalue weighted by atomic mass is 9.93. The predicted molar refractivity (Wildman–Crippen MR) is 89.1 cm³/mol. The van der Waals surface area contributed by atoms with E-state index >= 15 is 0 Å². The molecule has 0 N–H and O–H groups in total. The van der Waals surface area contributed by atoms with Crippen molar-refractivity contribution in [3.05, 3.63) is 35.4 Å². The molecule has 0 radical (unpaired) electrons. The molecule has 138 valence electrons. The highest BCUT2D eigenvalue weighted by atomic mass is 16.6. The number of rotatable bonds is 9. The second kappa shape index (κ2) is 9.78. The average molecular weight is 352 g/mol. The normalized spacial score (nSPS) is 10.9. The zero-order chi connectivity index (χ0) is 18.9. The Morgan fingerprint density at radius 2 is 1.40 bits per heavy atom. The molecule has 1 rings (SSSR count). The zero-order valence-electron chi connectivity index (χ0n) is 15.0. The highest BCUT2D eigenvalue weighted by Gasteiger charge is 2.50. The van der Waals surface area contributed by atoms with Gasteiger partial charge < -0.3 is 18.9 Å². The number of hydrogen-bond donors (Lipinski definition) is 0. The fourth-order valence-electron chi connectivity index (χ4n) is 2.30. The first-order valence-corrected chi connectivity index (χ1v) is 8.10. The summed E-state index contributed by atoms with van der Waals surface area (Å²) in [6.45, 7) is 5.30. The van der Waals surface area contributed by atoms with Crippen molar-refractivity contribution >= 4 is 17.9 Å². The van der Waals surface area contributed by atoms with Crippen LogP contribution in [0, 0.1) is 0 Å². The summed E-state index contributed by atoms with van der Waals surface area (Å²) in [5.74, 6) is -2.07. The van der Waals surface area contributed by atoms with Crippen LogP contribution in [0.4, 0.5) is 0 Å². The van der Waals surface area contributed by atoms with E-state index in [1.807, 2.05) is 0 Å². The molecule has 1 aromatic rings. The van der Waals surface area contributed by atoms with E-state index < -0.39 is 23.5 Å². The van der Waals surface area contributed by atoms with Gasteiger partial charge in [-0.3, -0.25) is 0 Å². The first-order valence-electron chi connectivity index (χ1n) is 8.10. The van der Waals surface area contributed by atoms with Crippen molar-refractivity contribution in [1.29, 1.82) is 0 Å². The Morgan fingerprint density at radius 3 is 1.80 bits per heavy atom.